The van der Waals surface area contributed by atoms with Crippen LogP contribution in [0, 0.1) is 5.92 Å². The molecule has 0 spiro atoms. The summed E-state index contributed by atoms with van der Waals surface area (Å²) in [5.41, 5.74) is 3.08. The van der Waals surface area contributed by atoms with E-state index in [2.05, 4.69) is 5.10 Å². The van der Waals surface area contributed by atoms with Crippen LogP contribution in [-0.4, -0.2) is 33.6 Å². The molecule has 3 rings (SSSR count). The van der Waals surface area contributed by atoms with E-state index in [0.29, 0.717) is 23.5 Å². The molecule has 136 valence electrons. The molecule has 8 heteroatoms. The van der Waals surface area contributed by atoms with Crippen LogP contribution in [0.1, 0.15) is 48.9 Å². The van der Waals surface area contributed by atoms with E-state index >= 15 is 0 Å². The fraction of sp³-hybridized carbons (Fsp3) is 0.529. The molecule has 0 aromatic heterocycles. The predicted molar refractivity (Wildman–Crippen MR) is 86.7 cm³/mol. The zero-order valence-corrected chi connectivity index (χ0v) is 13.6. The number of carbonyl (C=O) groups is 1. The number of rotatable bonds is 2. The lowest BCUT2D eigenvalue weighted by Gasteiger charge is -2.40. The Morgan fingerprint density at radius 1 is 1.20 bits per heavy atom. The molecule has 5 nitrogen and oxygen atoms in total. The van der Waals surface area contributed by atoms with Crippen LogP contribution in [0.15, 0.2) is 29.4 Å². The summed E-state index contributed by atoms with van der Waals surface area (Å²) in [4.78, 5) is 12.7. The summed E-state index contributed by atoms with van der Waals surface area (Å²) in [6.07, 6.45) is -1.62. The van der Waals surface area contributed by atoms with Gasteiger partial charge in [0, 0.05) is 23.6 Å². The molecule has 1 atom stereocenters. The zero-order valence-electron chi connectivity index (χ0n) is 13.6. The van der Waals surface area contributed by atoms with Crippen LogP contribution in [0.3, 0.4) is 0 Å². The third kappa shape index (κ3) is 3.35. The number of carbonyl (C=O) groups excluding carboxylic acids is 1. The molecule has 0 bridgehead atoms. The normalized spacial score (nSPS) is 25.1. The Balaban J connectivity index is 1.96. The number of alkyl halides is 3. The van der Waals surface area contributed by atoms with E-state index in [1.165, 1.54) is 24.3 Å². The third-order valence-corrected chi connectivity index (χ3v) is 4.95. The quantitative estimate of drug-likeness (QED) is 0.799. The summed E-state index contributed by atoms with van der Waals surface area (Å²) in [5, 5.41) is 15.2. The van der Waals surface area contributed by atoms with Gasteiger partial charge in [0.2, 0.25) is 0 Å². The average molecular weight is 355 g/mol. The number of halogens is 3. The van der Waals surface area contributed by atoms with Gasteiger partial charge in [0.15, 0.2) is 5.72 Å². The van der Waals surface area contributed by atoms with Gasteiger partial charge >= 0.3 is 6.18 Å². The fourth-order valence-corrected chi connectivity index (χ4v) is 3.57. The van der Waals surface area contributed by atoms with E-state index in [-0.39, 0.29) is 5.56 Å². The van der Waals surface area contributed by atoms with Crippen LogP contribution in [0.2, 0.25) is 0 Å². The standard InChI is InChI=1S/C17H20F3N3O2/c18-17(19,20)14-10-16(25,12-4-2-1-3-5-12)23(22-14)15(24)11-6-8-13(21)9-7-11/h6-9,12,25H,1-5,10,21H2/t16-/m1/s1. The summed E-state index contributed by atoms with van der Waals surface area (Å²) in [6, 6.07) is 5.80. The van der Waals surface area contributed by atoms with Crippen molar-refractivity contribution in [3.63, 3.8) is 0 Å². The van der Waals surface area contributed by atoms with Crippen molar-refractivity contribution in [3.05, 3.63) is 29.8 Å². The number of hydrazone groups is 1. The second-order valence-corrected chi connectivity index (χ2v) is 6.67. The molecule has 1 aliphatic carbocycles. The van der Waals surface area contributed by atoms with Gasteiger partial charge in [0.05, 0.1) is 0 Å². The predicted octanol–water partition coefficient (Wildman–Crippen LogP) is 3.30. The van der Waals surface area contributed by atoms with Gasteiger partial charge in [0.1, 0.15) is 5.71 Å². The van der Waals surface area contributed by atoms with E-state index in [4.69, 9.17) is 5.73 Å². The first kappa shape index (κ1) is 17.7. The highest BCUT2D eigenvalue weighted by Crippen LogP contribution is 2.43. The number of anilines is 1. The Labute approximate surface area is 143 Å². The van der Waals surface area contributed by atoms with Gasteiger partial charge in [-0.25, -0.2) is 0 Å². The second-order valence-electron chi connectivity index (χ2n) is 6.67. The van der Waals surface area contributed by atoms with Crippen molar-refractivity contribution in [1.29, 1.82) is 0 Å². The Hall–Kier alpha value is -2.09. The van der Waals surface area contributed by atoms with Crippen molar-refractivity contribution in [2.45, 2.75) is 50.4 Å². The third-order valence-electron chi connectivity index (χ3n) is 4.95. The molecule has 1 fully saturated rings. The molecule has 0 radical (unpaired) electrons. The first-order valence-corrected chi connectivity index (χ1v) is 8.29. The lowest BCUT2D eigenvalue weighted by molar-refractivity contribution is -0.123. The maximum atomic E-state index is 13.2. The average Bonchev–Trinajstić information content (AvgIpc) is 2.95. The van der Waals surface area contributed by atoms with Crippen molar-refractivity contribution in [2.24, 2.45) is 11.0 Å². The van der Waals surface area contributed by atoms with Crippen LogP contribution in [0.25, 0.3) is 0 Å². The lowest BCUT2D eigenvalue weighted by atomic mass is 9.79. The highest BCUT2D eigenvalue weighted by molar-refractivity contribution is 5.99. The number of nitrogens with two attached hydrogens (primary N) is 1. The smallest absolute Gasteiger partial charge is 0.399 e. The van der Waals surface area contributed by atoms with Gasteiger partial charge in [-0.2, -0.15) is 23.3 Å². The van der Waals surface area contributed by atoms with Crippen LogP contribution in [0.5, 0.6) is 0 Å². The number of aliphatic hydroxyl groups is 1. The first-order chi connectivity index (χ1) is 11.7. The Morgan fingerprint density at radius 3 is 2.36 bits per heavy atom. The Morgan fingerprint density at radius 2 is 1.80 bits per heavy atom. The van der Waals surface area contributed by atoms with Gasteiger partial charge in [-0.1, -0.05) is 19.3 Å². The molecule has 3 N–H and O–H groups in total. The summed E-state index contributed by atoms with van der Waals surface area (Å²) in [7, 11) is 0. The molecule has 25 heavy (non-hydrogen) atoms. The molecule has 1 aromatic rings. The summed E-state index contributed by atoms with van der Waals surface area (Å²) in [6.45, 7) is 0. The number of hydrogen-bond acceptors (Lipinski definition) is 4. The largest absolute Gasteiger partial charge is 0.431 e. The molecule has 1 heterocycles. The van der Waals surface area contributed by atoms with Crippen LogP contribution < -0.4 is 5.73 Å². The monoisotopic (exact) mass is 355 g/mol. The van der Waals surface area contributed by atoms with Crippen LogP contribution in [0.4, 0.5) is 18.9 Å². The van der Waals surface area contributed by atoms with E-state index in [1.54, 1.807) is 0 Å². The van der Waals surface area contributed by atoms with Gasteiger partial charge < -0.3 is 10.8 Å². The zero-order chi connectivity index (χ0) is 18.2. The van der Waals surface area contributed by atoms with E-state index < -0.39 is 35.9 Å². The van der Waals surface area contributed by atoms with Crippen molar-refractivity contribution in [1.82, 2.24) is 5.01 Å². The SMILES string of the molecule is Nc1ccc(C(=O)N2N=C(C(F)(F)F)C[C@@]2(O)C2CCCCC2)cc1. The summed E-state index contributed by atoms with van der Waals surface area (Å²) >= 11 is 0. The van der Waals surface area contributed by atoms with E-state index in [9.17, 15) is 23.1 Å². The molecule has 1 amide bonds. The molecular formula is C17H20F3N3O2. The minimum Gasteiger partial charge on any atom is -0.399 e. The van der Waals surface area contributed by atoms with E-state index in [1.807, 2.05) is 0 Å². The minimum atomic E-state index is -4.68. The molecule has 0 unspecified atom stereocenters. The van der Waals surface area contributed by atoms with Gasteiger partial charge in [-0.05, 0) is 37.1 Å². The molecule has 0 saturated heterocycles. The Kier molecular flexibility index (Phi) is 4.49. The number of nitrogen functional groups attached to an aromatic ring is 1. The van der Waals surface area contributed by atoms with Crippen molar-refractivity contribution < 1.29 is 23.1 Å². The van der Waals surface area contributed by atoms with Crippen LogP contribution in [-0.2, 0) is 0 Å². The summed E-state index contributed by atoms with van der Waals surface area (Å²) < 4.78 is 39.5. The molecular weight excluding hydrogens is 335 g/mol. The summed E-state index contributed by atoms with van der Waals surface area (Å²) in [5.74, 6) is -1.19. The first-order valence-electron chi connectivity index (χ1n) is 8.29. The van der Waals surface area contributed by atoms with Gasteiger partial charge in [-0.3, -0.25) is 4.79 Å². The van der Waals surface area contributed by atoms with Crippen molar-refractivity contribution in [3.8, 4) is 0 Å². The Bertz CT molecular complexity index is 681. The van der Waals surface area contributed by atoms with Crippen LogP contribution >= 0.6 is 0 Å². The molecule has 1 aromatic carbocycles. The maximum absolute atomic E-state index is 13.2. The second kappa shape index (κ2) is 6.33. The fourth-order valence-electron chi connectivity index (χ4n) is 3.57. The van der Waals surface area contributed by atoms with E-state index in [0.717, 1.165) is 19.3 Å². The maximum Gasteiger partial charge on any atom is 0.431 e. The minimum absolute atomic E-state index is 0.135. The molecule has 1 aliphatic heterocycles. The number of amides is 1. The number of nitrogens with zero attached hydrogens (tertiary/aromatic N) is 2. The topological polar surface area (TPSA) is 78.9 Å². The molecule has 1 saturated carbocycles. The van der Waals surface area contributed by atoms with Crippen molar-refractivity contribution >= 4 is 17.3 Å². The van der Waals surface area contributed by atoms with Gasteiger partial charge in [0.25, 0.3) is 5.91 Å². The van der Waals surface area contributed by atoms with Gasteiger partial charge in [-0.15, -0.1) is 0 Å². The van der Waals surface area contributed by atoms with Crippen molar-refractivity contribution in [2.75, 3.05) is 5.73 Å². The highest BCUT2D eigenvalue weighted by Gasteiger charge is 2.55. The highest BCUT2D eigenvalue weighted by atomic mass is 19.4. The lowest BCUT2D eigenvalue weighted by Crippen LogP contribution is -2.52. The molecule has 2 aliphatic rings. The number of benzene rings is 1. The number of hydrogen-bond donors (Lipinski definition) is 2.